The summed E-state index contributed by atoms with van der Waals surface area (Å²) in [5.41, 5.74) is 4.29. The van der Waals surface area contributed by atoms with Crippen molar-refractivity contribution in [2.45, 2.75) is 46.0 Å². The van der Waals surface area contributed by atoms with Crippen LogP contribution < -0.4 is 10.2 Å². The van der Waals surface area contributed by atoms with Gasteiger partial charge in [-0.05, 0) is 61.7 Å². The fourth-order valence-corrected chi connectivity index (χ4v) is 3.85. The standard InChI is InChI=1S/C27H29N3O3/c1-27(2,3)33-25(31)28-17-20-14-15-21-18-29(19-22(21)16-20)26(32)30(23-10-6-4-7-11-23)24-12-8-5-9-13-24/h4-16H,17-19H2,1-3H3,(H,28,31). The molecule has 0 saturated heterocycles. The third kappa shape index (κ3) is 5.52. The Morgan fingerprint density at radius 1 is 0.879 bits per heavy atom. The molecule has 0 aromatic heterocycles. The van der Waals surface area contributed by atoms with E-state index in [2.05, 4.69) is 11.4 Å². The van der Waals surface area contributed by atoms with Crippen LogP contribution in [0.5, 0.6) is 0 Å². The van der Waals surface area contributed by atoms with E-state index in [9.17, 15) is 9.59 Å². The first-order valence-corrected chi connectivity index (χ1v) is 11.1. The number of urea groups is 1. The number of alkyl carbamates (subject to hydrolysis) is 1. The minimum Gasteiger partial charge on any atom is -0.444 e. The Labute approximate surface area is 194 Å². The van der Waals surface area contributed by atoms with Crippen LogP contribution in [-0.4, -0.2) is 22.6 Å². The van der Waals surface area contributed by atoms with Gasteiger partial charge >= 0.3 is 12.1 Å². The second-order valence-electron chi connectivity index (χ2n) is 9.10. The molecule has 0 spiro atoms. The number of nitrogens with zero attached hydrogens (tertiary/aromatic N) is 2. The molecule has 1 heterocycles. The normalized spacial score (nSPS) is 12.8. The lowest BCUT2D eigenvalue weighted by Gasteiger charge is -2.28. The monoisotopic (exact) mass is 443 g/mol. The van der Waals surface area contributed by atoms with Gasteiger partial charge in [0.15, 0.2) is 0 Å². The summed E-state index contributed by atoms with van der Waals surface area (Å²) in [6.45, 7) is 6.94. The van der Waals surface area contributed by atoms with Crippen molar-refractivity contribution in [3.05, 3.63) is 95.6 Å². The Morgan fingerprint density at radius 2 is 1.45 bits per heavy atom. The van der Waals surface area contributed by atoms with E-state index < -0.39 is 11.7 Å². The molecule has 0 bridgehead atoms. The van der Waals surface area contributed by atoms with E-state index in [1.54, 1.807) is 4.90 Å². The summed E-state index contributed by atoms with van der Waals surface area (Å²) >= 11 is 0. The Hall–Kier alpha value is -3.80. The number of fused-ring (bicyclic) bond motifs is 1. The molecule has 0 saturated carbocycles. The van der Waals surface area contributed by atoms with Crippen molar-refractivity contribution in [2.24, 2.45) is 0 Å². The van der Waals surface area contributed by atoms with Gasteiger partial charge in [-0.3, -0.25) is 4.90 Å². The molecule has 0 fully saturated rings. The number of ether oxygens (including phenoxy) is 1. The number of nitrogens with one attached hydrogen (secondary N) is 1. The smallest absolute Gasteiger partial charge is 0.407 e. The van der Waals surface area contributed by atoms with Gasteiger partial charge in [-0.25, -0.2) is 9.59 Å². The Bertz CT molecular complexity index is 1080. The number of carbonyl (C=O) groups excluding carboxylic acids is 2. The van der Waals surface area contributed by atoms with Crippen LogP contribution in [-0.2, 0) is 24.4 Å². The van der Waals surface area contributed by atoms with Crippen molar-refractivity contribution in [3.8, 4) is 0 Å². The first-order chi connectivity index (χ1) is 15.8. The predicted octanol–water partition coefficient (Wildman–Crippen LogP) is 5.99. The van der Waals surface area contributed by atoms with Crippen molar-refractivity contribution >= 4 is 23.5 Å². The van der Waals surface area contributed by atoms with Crippen LogP contribution in [0.15, 0.2) is 78.9 Å². The maximum atomic E-state index is 13.6. The summed E-state index contributed by atoms with van der Waals surface area (Å²) in [7, 11) is 0. The van der Waals surface area contributed by atoms with Gasteiger partial charge in [0.2, 0.25) is 0 Å². The number of rotatable bonds is 4. The fourth-order valence-electron chi connectivity index (χ4n) is 3.85. The lowest BCUT2D eigenvalue weighted by molar-refractivity contribution is 0.0523. The lowest BCUT2D eigenvalue weighted by Crippen LogP contribution is -2.37. The summed E-state index contributed by atoms with van der Waals surface area (Å²) in [5.74, 6) is 0. The molecule has 3 aromatic carbocycles. The molecule has 3 amide bonds. The van der Waals surface area contributed by atoms with Crippen LogP contribution in [0, 0.1) is 0 Å². The lowest BCUT2D eigenvalue weighted by atomic mass is 10.1. The molecule has 33 heavy (non-hydrogen) atoms. The number of benzene rings is 3. The predicted molar refractivity (Wildman–Crippen MR) is 129 cm³/mol. The van der Waals surface area contributed by atoms with Crippen molar-refractivity contribution in [1.82, 2.24) is 10.2 Å². The van der Waals surface area contributed by atoms with Gasteiger partial charge in [-0.1, -0.05) is 54.6 Å². The SMILES string of the molecule is CC(C)(C)OC(=O)NCc1ccc2c(c1)CN(C(=O)N(c1ccccc1)c1ccccc1)C2. The first-order valence-electron chi connectivity index (χ1n) is 11.1. The van der Waals surface area contributed by atoms with Crippen molar-refractivity contribution in [2.75, 3.05) is 4.90 Å². The Morgan fingerprint density at radius 3 is 2.03 bits per heavy atom. The van der Waals surface area contributed by atoms with Gasteiger partial charge in [0.1, 0.15) is 5.60 Å². The highest BCUT2D eigenvalue weighted by Crippen LogP contribution is 2.31. The molecule has 0 radical (unpaired) electrons. The molecule has 6 heteroatoms. The van der Waals surface area contributed by atoms with Gasteiger partial charge in [0.05, 0.1) is 11.4 Å². The highest BCUT2D eigenvalue weighted by Gasteiger charge is 2.29. The van der Waals surface area contributed by atoms with E-state index in [1.165, 1.54) is 0 Å². The molecule has 6 nitrogen and oxygen atoms in total. The van der Waals surface area contributed by atoms with E-state index in [4.69, 9.17) is 4.74 Å². The molecule has 0 aliphatic carbocycles. The number of anilines is 2. The molecular weight excluding hydrogens is 414 g/mol. The minimum absolute atomic E-state index is 0.0722. The first kappa shape index (κ1) is 22.4. The molecule has 3 aromatic rings. The van der Waals surface area contributed by atoms with Crippen LogP contribution in [0.1, 0.15) is 37.5 Å². The van der Waals surface area contributed by atoms with Gasteiger partial charge in [-0.2, -0.15) is 0 Å². The second kappa shape index (κ2) is 9.36. The molecule has 0 unspecified atom stereocenters. The topological polar surface area (TPSA) is 61.9 Å². The molecular formula is C27H29N3O3. The molecule has 4 rings (SSSR count). The van der Waals surface area contributed by atoms with Crippen LogP contribution in [0.3, 0.4) is 0 Å². The maximum Gasteiger partial charge on any atom is 0.407 e. The van der Waals surface area contributed by atoms with Crippen LogP contribution in [0.4, 0.5) is 21.0 Å². The third-order valence-electron chi connectivity index (χ3n) is 5.32. The largest absolute Gasteiger partial charge is 0.444 e. The van der Waals surface area contributed by atoms with E-state index in [0.717, 1.165) is 28.1 Å². The highest BCUT2D eigenvalue weighted by molar-refractivity contribution is 5.99. The van der Waals surface area contributed by atoms with Crippen LogP contribution in [0.2, 0.25) is 0 Å². The van der Waals surface area contributed by atoms with Crippen LogP contribution >= 0.6 is 0 Å². The average molecular weight is 444 g/mol. The van der Waals surface area contributed by atoms with Crippen molar-refractivity contribution in [1.29, 1.82) is 0 Å². The molecule has 170 valence electrons. The number of hydrogen-bond donors (Lipinski definition) is 1. The molecule has 1 aliphatic rings. The quantitative estimate of drug-likeness (QED) is 0.539. The van der Waals surface area contributed by atoms with Gasteiger partial charge < -0.3 is 15.0 Å². The summed E-state index contributed by atoms with van der Waals surface area (Å²) in [6.07, 6.45) is -0.443. The zero-order valence-electron chi connectivity index (χ0n) is 19.2. The Kier molecular flexibility index (Phi) is 6.36. The Balaban J connectivity index is 1.48. The van der Waals surface area contributed by atoms with Gasteiger partial charge in [0.25, 0.3) is 0 Å². The summed E-state index contributed by atoms with van der Waals surface area (Å²) in [5, 5.41) is 2.79. The zero-order valence-corrected chi connectivity index (χ0v) is 19.2. The van der Waals surface area contributed by atoms with E-state index in [-0.39, 0.29) is 6.03 Å². The summed E-state index contributed by atoms with van der Waals surface area (Å²) in [4.78, 5) is 29.2. The van der Waals surface area contributed by atoms with Gasteiger partial charge in [0, 0.05) is 19.6 Å². The van der Waals surface area contributed by atoms with E-state index in [0.29, 0.717) is 19.6 Å². The number of para-hydroxylation sites is 2. The number of amides is 3. The van der Waals surface area contributed by atoms with E-state index in [1.807, 2.05) is 98.5 Å². The van der Waals surface area contributed by atoms with Gasteiger partial charge in [-0.15, -0.1) is 0 Å². The fraction of sp³-hybridized carbons (Fsp3) is 0.259. The number of carbonyl (C=O) groups is 2. The summed E-state index contributed by atoms with van der Waals surface area (Å²) < 4.78 is 5.30. The average Bonchev–Trinajstić information content (AvgIpc) is 3.22. The molecule has 1 aliphatic heterocycles. The summed E-state index contributed by atoms with van der Waals surface area (Å²) in [6, 6.07) is 25.4. The second-order valence-corrected chi connectivity index (χ2v) is 9.10. The van der Waals surface area contributed by atoms with Crippen molar-refractivity contribution < 1.29 is 14.3 Å². The molecule has 0 atom stereocenters. The third-order valence-corrected chi connectivity index (χ3v) is 5.32. The van der Waals surface area contributed by atoms with E-state index >= 15 is 0 Å². The van der Waals surface area contributed by atoms with Crippen molar-refractivity contribution in [3.63, 3.8) is 0 Å². The maximum absolute atomic E-state index is 13.6. The zero-order chi connectivity index (χ0) is 23.4. The van der Waals surface area contributed by atoms with Crippen LogP contribution in [0.25, 0.3) is 0 Å². The minimum atomic E-state index is -0.535. The molecule has 1 N–H and O–H groups in total. The number of hydrogen-bond acceptors (Lipinski definition) is 3. The highest BCUT2D eigenvalue weighted by atomic mass is 16.6.